The quantitative estimate of drug-likeness (QED) is 0.665. The van der Waals surface area contributed by atoms with Gasteiger partial charge in [0, 0.05) is 17.8 Å². The monoisotopic (exact) mass is 273 g/mol. The number of aryl methyl sites for hydroxylation is 1. The molecule has 1 unspecified atom stereocenters. The average Bonchev–Trinajstić information content (AvgIpc) is 2.62. The molecule has 1 aromatic heterocycles. The Bertz CT molecular complexity index is 587. The predicted molar refractivity (Wildman–Crippen MR) is 81.4 cm³/mol. The second kappa shape index (κ2) is 4.93. The molecule has 19 heavy (non-hydrogen) atoms. The van der Waals surface area contributed by atoms with Gasteiger partial charge in [-0.1, -0.05) is 18.6 Å². The summed E-state index contributed by atoms with van der Waals surface area (Å²) in [5.41, 5.74) is 10.4. The van der Waals surface area contributed by atoms with Crippen LogP contribution in [-0.4, -0.2) is 9.19 Å². The van der Waals surface area contributed by atoms with Crippen LogP contribution < -0.4 is 5.73 Å². The molecule has 1 fully saturated rings. The van der Waals surface area contributed by atoms with E-state index < -0.39 is 0 Å². The third-order valence-corrected chi connectivity index (χ3v) is 4.31. The summed E-state index contributed by atoms with van der Waals surface area (Å²) in [5, 5.41) is 4.56. The zero-order valence-corrected chi connectivity index (χ0v) is 12.0. The first-order valence-corrected chi connectivity index (χ1v) is 7.16. The maximum absolute atomic E-state index is 5.94. The van der Waals surface area contributed by atoms with E-state index in [1.54, 1.807) is 4.09 Å². The molecule has 1 saturated carbocycles. The van der Waals surface area contributed by atoms with Crippen LogP contribution in [0.2, 0.25) is 0 Å². The summed E-state index contributed by atoms with van der Waals surface area (Å²) < 4.78 is 1.61. The lowest BCUT2D eigenvalue weighted by molar-refractivity contribution is 0.280. The topological polar surface area (TPSA) is 43.8 Å². The number of benzene rings is 1. The van der Waals surface area contributed by atoms with Gasteiger partial charge in [0.1, 0.15) is 0 Å². The Balaban J connectivity index is 2.05. The van der Waals surface area contributed by atoms with Gasteiger partial charge in [0.15, 0.2) is 0 Å². The Labute approximate surface area is 119 Å². The van der Waals surface area contributed by atoms with Crippen molar-refractivity contribution in [2.24, 2.45) is 5.92 Å². The molecule has 0 spiro atoms. The highest BCUT2D eigenvalue weighted by molar-refractivity contribution is 7.78. The number of anilines is 1. The van der Waals surface area contributed by atoms with Gasteiger partial charge in [-0.05, 0) is 61.8 Å². The van der Waals surface area contributed by atoms with E-state index in [4.69, 9.17) is 5.73 Å². The van der Waals surface area contributed by atoms with Gasteiger partial charge in [0.05, 0.1) is 5.69 Å². The molecule has 1 aliphatic rings. The Kier molecular flexibility index (Phi) is 3.27. The van der Waals surface area contributed by atoms with E-state index in [9.17, 15) is 0 Å². The van der Waals surface area contributed by atoms with E-state index in [0.717, 1.165) is 11.4 Å². The summed E-state index contributed by atoms with van der Waals surface area (Å²) in [6.45, 7) is 2.10. The molecular formula is C15H19N3S. The smallest absolute Gasteiger partial charge is 0.0741 e. The highest BCUT2D eigenvalue weighted by Gasteiger charge is 2.32. The van der Waals surface area contributed by atoms with Crippen molar-refractivity contribution in [1.29, 1.82) is 0 Å². The first-order chi connectivity index (χ1) is 9.15. The standard InChI is InChI=1S/C15H19N3S/c1-10-9-18(19)17-15(10)14(11-4-2-5-11)12-6-3-7-13(16)8-12/h3,6-9,11,14,19H,2,4-5,16H2,1H3. The summed E-state index contributed by atoms with van der Waals surface area (Å²) in [6, 6.07) is 8.21. The van der Waals surface area contributed by atoms with Crippen molar-refractivity contribution >= 4 is 18.5 Å². The molecule has 3 rings (SSSR count). The van der Waals surface area contributed by atoms with Crippen LogP contribution in [0.3, 0.4) is 0 Å². The van der Waals surface area contributed by atoms with Crippen molar-refractivity contribution in [3.63, 3.8) is 0 Å². The van der Waals surface area contributed by atoms with Crippen molar-refractivity contribution in [1.82, 2.24) is 9.19 Å². The van der Waals surface area contributed by atoms with Crippen LogP contribution in [0, 0.1) is 12.8 Å². The Hall–Kier alpha value is -1.42. The van der Waals surface area contributed by atoms with Gasteiger partial charge >= 0.3 is 0 Å². The van der Waals surface area contributed by atoms with Gasteiger partial charge in [-0.2, -0.15) is 5.10 Å². The summed E-state index contributed by atoms with van der Waals surface area (Å²) in [6.07, 6.45) is 5.84. The second-order valence-corrected chi connectivity index (χ2v) is 5.87. The second-order valence-electron chi connectivity index (χ2n) is 5.46. The van der Waals surface area contributed by atoms with Gasteiger partial charge in [0.2, 0.25) is 0 Å². The molecule has 1 heterocycles. The van der Waals surface area contributed by atoms with Crippen molar-refractivity contribution in [2.75, 3.05) is 5.73 Å². The number of rotatable bonds is 3. The fourth-order valence-corrected chi connectivity index (χ4v) is 3.21. The molecule has 1 aliphatic carbocycles. The molecule has 0 saturated heterocycles. The molecule has 1 atom stereocenters. The van der Waals surface area contributed by atoms with Crippen LogP contribution in [0.4, 0.5) is 5.69 Å². The van der Waals surface area contributed by atoms with E-state index in [0.29, 0.717) is 11.8 Å². The summed E-state index contributed by atoms with van der Waals surface area (Å²) >= 11 is 4.30. The zero-order valence-electron chi connectivity index (χ0n) is 11.1. The molecule has 0 radical (unpaired) electrons. The predicted octanol–water partition coefficient (Wildman–Crippen LogP) is 3.40. The van der Waals surface area contributed by atoms with Gasteiger partial charge < -0.3 is 5.73 Å². The molecule has 3 nitrogen and oxygen atoms in total. The molecule has 0 amide bonds. The highest BCUT2D eigenvalue weighted by atomic mass is 32.1. The van der Waals surface area contributed by atoms with Crippen LogP contribution >= 0.6 is 12.8 Å². The van der Waals surface area contributed by atoms with Crippen molar-refractivity contribution in [3.8, 4) is 0 Å². The van der Waals surface area contributed by atoms with Crippen LogP contribution in [0.15, 0.2) is 30.5 Å². The number of nitrogens with zero attached hydrogens (tertiary/aromatic N) is 2. The first-order valence-electron chi connectivity index (χ1n) is 6.76. The van der Waals surface area contributed by atoms with Gasteiger partial charge in [0.25, 0.3) is 0 Å². The van der Waals surface area contributed by atoms with Crippen LogP contribution in [0.5, 0.6) is 0 Å². The minimum atomic E-state index is 0.352. The Morgan fingerprint density at radius 3 is 2.74 bits per heavy atom. The maximum Gasteiger partial charge on any atom is 0.0741 e. The van der Waals surface area contributed by atoms with E-state index in [-0.39, 0.29) is 0 Å². The maximum atomic E-state index is 5.94. The average molecular weight is 273 g/mol. The lowest BCUT2D eigenvalue weighted by Crippen LogP contribution is -2.22. The van der Waals surface area contributed by atoms with Crippen molar-refractivity contribution in [2.45, 2.75) is 32.1 Å². The van der Waals surface area contributed by atoms with Crippen molar-refractivity contribution < 1.29 is 0 Å². The fraction of sp³-hybridized carbons (Fsp3) is 0.400. The first kappa shape index (κ1) is 12.6. The number of hydrogen-bond donors (Lipinski definition) is 2. The Morgan fingerprint density at radius 2 is 2.21 bits per heavy atom. The molecule has 1 aromatic carbocycles. The number of nitrogens with two attached hydrogens (primary N) is 1. The lowest BCUT2D eigenvalue weighted by atomic mass is 9.71. The van der Waals surface area contributed by atoms with Gasteiger partial charge in [-0.25, -0.2) is 4.09 Å². The number of hydrogen-bond acceptors (Lipinski definition) is 3. The van der Waals surface area contributed by atoms with E-state index in [1.807, 2.05) is 18.3 Å². The highest BCUT2D eigenvalue weighted by Crippen LogP contribution is 2.43. The third-order valence-electron chi connectivity index (χ3n) is 4.11. The summed E-state index contributed by atoms with van der Waals surface area (Å²) in [5.74, 6) is 1.04. The molecule has 100 valence electrons. The molecule has 0 aliphatic heterocycles. The largest absolute Gasteiger partial charge is 0.399 e. The third kappa shape index (κ3) is 2.37. The van der Waals surface area contributed by atoms with Crippen LogP contribution in [-0.2, 0) is 0 Å². The minimum absolute atomic E-state index is 0.352. The SMILES string of the molecule is Cc1cn(S)nc1C(c1cccc(N)c1)C1CCC1. The molecular weight excluding hydrogens is 254 g/mol. The summed E-state index contributed by atoms with van der Waals surface area (Å²) in [4.78, 5) is 0. The van der Waals surface area contributed by atoms with E-state index in [2.05, 4.69) is 37.0 Å². The van der Waals surface area contributed by atoms with Gasteiger partial charge in [-0.15, -0.1) is 0 Å². The number of thiol groups is 1. The van der Waals surface area contributed by atoms with E-state index >= 15 is 0 Å². The van der Waals surface area contributed by atoms with Crippen molar-refractivity contribution in [3.05, 3.63) is 47.3 Å². The van der Waals surface area contributed by atoms with Crippen LogP contribution in [0.1, 0.15) is 42.0 Å². The minimum Gasteiger partial charge on any atom is -0.399 e. The fourth-order valence-electron chi connectivity index (χ4n) is 2.94. The molecule has 2 aromatic rings. The normalized spacial score (nSPS) is 17.2. The molecule has 0 bridgehead atoms. The van der Waals surface area contributed by atoms with E-state index in [1.165, 1.54) is 30.4 Å². The number of aromatic nitrogens is 2. The zero-order chi connectivity index (χ0) is 13.4. The van der Waals surface area contributed by atoms with Gasteiger partial charge in [-0.3, -0.25) is 0 Å². The summed E-state index contributed by atoms with van der Waals surface area (Å²) in [7, 11) is 0. The number of nitrogen functional groups attached to an aromatic ring is 1. The lowest BCUT2D eigenvalue weighted by Gasteiger charge is -2.33. The Morgan fingerprint density at radius 1 is 1.42 bits per heavy atom. The molecule has 4 heteroatoms. The van der Waals surface area contributed by atoms with Crippen LogP contribution in [0.25, 0.3) is 0 Å². The molecule has 2 N–H and O–H groups in total.